The fourth-order valence-corrected chi connectivity index (χ4v) is 6.57. The summed E-state index contributed by atoms with van der Waals surface area (Å²) in [5.74, 6) is 0.345. The minimum absolute atomic E-state index is 0.0606. The smallest absolute Gasteiger partial charge is 0.301 e. The highest BCUT2D eigenvalue weighted by atomic mass is 32.2. The lowest BCUT2D eigenvalue weighted by atomic mass is 9.95. The molecule has 1 aliphatic heterocycles. The van der Waals surface area contributed by atoms with Gasteiger partial charge in [-0.05, 0) is 60.9 Å². The number of carbonyl (C=O) groups excluding carboxylic acids is 2. The van der Waals surface area contributed by atoms with E-state index < -0.39 is 17.7 Å². The summed E-state index contributed by atoms with van der Waals surface area (Å²) in [5.41, 5.74) is 1.98. The van der Waals surface area contributed by atoms with Gasteiger partial charge in [-0.15, -0.1) is 10.2 Å². The van der Waals surface area contributed by atoms with Crippen LogP contribution in [0.2, 0.25) is 0 Å². The number of unbranched alkanes of at least 4 members (excludes halogenated alkanes) is 1. The molecule has 1 atom stereocenters. The molecule has 1 aliphatic rings. The molecule has 5 rings (SSSR count). The van der Waals surface area contributed by atoms with E-state index in [0.717, 1.165) is 18.4 Å². The maximum atomic E-state index is 13.6. The first-order chi connectivity index (χ1) is 21.4. The molecule has 228 valence electrons. The molecule has 0 bridgehead atoms. The van der Waals surface area contributed by atoms with Gasteiger partial charge in [-0.25, -0.2) is 0 Å². The van der Waals surface area contributed by atoms with Gasteiger partial charge in [0.2, 0.25) is 5.13 Å². The van der Waals surface area contributed by atoms with Crippen molar-refractivity contribution >= 4 is 45.7 Å². The van der Waals surface area contributed by atoms with Crippen LogP contribution in [0.4, 0.5) is 5.13 Å². The van der Waals surface area contributed by atoms with Gasteiger partial charge in [0.1, 0.15) is 11.5 Å². The monoisotopic (exact) mass is 631 g/mol. The number of aromatic nitrogens is 2. The second-order valence-corrected chi connectivity index (χ2v) is 12.0. The van der Waals surface area contributed by atoms with E-state index >= 15 is 0 Å². The molecule has 3 aromatic carbocycles. The Morgan fingerprint density at radius 1 is 0.977 bits per heavy atom. The average molecular weight is 632 g/mol. The van der Waals surface area contributed by atoms with E-state index in [1.165, 1.54) is 35.1 Å². The zero-order valence-corrected chi connectivity index (χ0v) is 26.3. The topological polar surface area (TPSA) is 111 Å². The number of methoxy groups -OCH3 is 1. The Morgan fingerprint density at radius 3 is 2.45 bits per heavy atom. The number of aliphatic hydroxyl groups is 1. The number of ketones is 1. The number of amides is 1. The van der Waals surface area contributed by atoms with E-state index in [1.54, 1.807) is 42.5 Å². The van der Waals surface area contributed by atoms with Crippen molar-refractivity contribution in [3.63, 3.8) is 0 Å². The van der Waals surface area contributed by atoms with Crippen molar-refractivity contribution in [1.29, 1.82) is 0 Å². The molecule has 0 saturated carbocycles. The van der Waals surface area contributed by atoms with Crippen molar-refractivity contribution in [3.05, 3.63) is 95.1 Å². The van der Waals surface area contributed by atoms with Crippen molar-refractivity contribution in [2.75, 3.05) is 25.2 Å². The molecule has 1 saturated heterocycles. The fourth-order valence-electron chi connectivity index (χ4n) is 4.75. The van der Waals surface area contributed by atoms with Crippen LogP contribution in [-0.2, 0) is 15.3 Å². The van der Waals surface area contributed by atoms with Gasteiger partial charge in [-0.1, -0.05) is 72.8 Å². The van der Waals surface area contributed by atoms with Crippen molar-refractivity contribution in [2.45, 2.75) is 42.8 Å². The lowest BCUT2D eigenvalue weighted by Crippen LogP contribution is -2.29. The number of nitrogens with zero attached hydrogens (tertiary/aromatic N) is 3. The number of thioether (sulfide) groups is 1. The van der Waals surface area contributed by atoms with Crippen LogP contribution in [0.25, 0.3) is 5.76 Å². The summed E-state index contributed by atoms with van der Waals surface area (Å²) >= 11 is 2.70. The van der Waals surface area contributed by atoms with Crippen LogP contribution in [0.1, 0.15) is 49.4 Å². The molecule has 1 N–H and O–H groups in total. The Morgan fingerprint density at radius 2 is 1.75 bits per heavy atom. The highest BCUT2D eigenvalue weighted by Gasteiger charge is 2.48. The molecule has 0 radical (unpaired) electrons. The Hall–Kier alpha value is -4.35. The van der Waals surface area contributed by atoms with Crippen LogP contribution < -0.4 is 19.1 Å². The van der Waals surface area contributed by atoms with Gasteiger partial charge in [-0.3, -0.25) is 14.5 Å². The fraction of sp³-hybridized carbons (Fsp3) is 0.273. The number of hydrogen-bond acceptors (Lipinski definition) is 10. The Kier molecular flexibility index (Phi) is 10.2. The quantitative estimate of drug-likeness (QED) is 0.0415. The van der Waals surface area contributed by atoms with E-state index in [-0.39, 0.29) is 16.5 Å². The molecule has 1 amide bonds. The molecule has 1 aromatic heterocycles. The molecule has 9 nitrogen and oxygen atoms in total. The van der Waals surface area contributed by atoms with Crippen LogP contribution in [0.5, 0.6) is 17.2 Å². The minimum Gasteiger partial charge on any atom is -0.507 e. The predicted octanol–water partition coefficient (Wildman–Crippen LogP) is 7.04. The molecule has 0 spiro atoms. The third kappa shape index (κ3) is 6.74. The maximum Gasteiger partial charge on any atom is 0.301 e. The molecule has 11 heteroatoms. The second kappa shape index (κ2) is 14.4. The second-order valence-electron chi connectivity index (χ2n) is 9.86. The first-order valence-corrected chi connectivity index (χ1v) is 16.1. The molecule has 0 aliphatic carbocycles. The van der Waals surface area contributed by atoms with Crippen LogP contribution in [-0.4, -0.2) is 47.3 Å². The van der Waals surface area contributed by atoms with Crippen molar-refractivity contribution in [3.8, 4) is 17.2 Å². The Balaban J connectivity index is 1.54. The van der Waals surface area contributed by atoms with Gasteiger partial charge in [0.15, 0.2) is 15.8 Å². The van der Waals surface area contributed by atoms with Gasteiger partial charge in [-0.2, -0.15) is 0 Å². The summed E-state index contributed by atoms with van der Waals surface area (Å²) in [6.45, 7) is 4.97. The first kappa shape index (κ1) is 31.1. The van der Waals surface area contributed by atoms with Gasteiger partial charge in [0.05, 0.1) is 31.9 Å². The van der Waals surface area contributed by atoms with Crippen LogP contribution in [0.15, 0.2) is 82.7 Å². The highest BCUT2D eigenvalue weighted by molar-refractivity contribution is 8.00. The summed E-state index contributed by atoms with van der Waals surface area (Å²) < 4.78 is 17.7. The highest BCUT2D eigenvalue weighted by Crippen LogP contribution is 2.45. The van der Waals surface area contributed by atoms with Crippen molar-refractivity contribution in [2.24, 2.45) is 0 Å². The number of benzene rings is 3. The molecular formula is C33H33N3O6S2. The first-order valence-electron chi connectivity index (χ1n) is 14.3. The Labute approximate surface area is 264 Å². The summed E-state index contributed by atoms with van der Waals surface area (Å²) in [4.78, 5) is 28.6. The molecule has 0 unspecified atom stereocenters. The SMILES string of the molecule is CCCCOc1ccc(C(O)=C2C(=O)C(=O)N(c3nnc(SCc4ccccc4)s3)[C@H]2c2ccc(OCC)c(OC)c2)cc1. The predicted molar refractivity (Wildman–Crippen MR) is 172 cm³/mol. The average Bonchev–Trinajstić information content (AvgIpc) is 3.62. The zero-order valence-electron chi connectivity index (χ0n) is 24.7. The summed E-state index contributed by atoms with van der Waals surface area (Å²) in [6, 6.07) is 21.0. The molecule has 1 fully saturated rings. The van der Waals surface area contributed by atoms with E-state index in [4.69, 9.17) is 14.2 Å². The summed E-state index contributed by atoms with van der Waals surface area (Å²) in [5, 5.41) is 20.4. The zero-order chi connectivity index (χ0) is 31.1. The number of ether oxygens (including phenoxy) is 3. The van der Waals surface area contributed by atoms with Crippen LogP contribution in [0.3, 0.4) is 0 Å². The van der Waals surface area contributed by atoms with Gasteiger partial charge in [0, 0.05) is 11.3 Å². The number of anilines is 1. The normalized spacial score (nSPS) is 15.9. The van der Waals surface area contributed by atoms with Crippen LogP contribution in [0, 0.1) is 0 Å². The summed E-state index contributed by atoms with van der Waals surface area (Å²) in [6.07, 6.45) is 1.94. The molecular weight excluding hydrogens is 599 g/mol. The van der Waals surface area contributed by atoms with E-state index in [2.05, 4.69) is 17.1 Å². The number of hydrogen-bond donors (Lipinski definition) is 1. The minimum atomic E-state index is -0.986. The number of carbonyl (C=O) groups is 2. The number of Topliss-reactive ketones (excluding diaryl/α,β-unsaturated/α-hetero) is 1. The van der Waals surface area contributed by atoms with Gasteiger partial charge >= 0.3 is 5.91 Å². The molecule has 4 aromatic rings. The van der Waals surface area contributed by atoms with Gasteiger partial charge < -0.3 is 19.3 Å². The van der Waals surface area contributed by atoms with E-state index in [0.29, 0.717) is 51.7 Å². The lowest BCUT2D eigenvalue weighted by molar-refractivity contribution is -0.132. The van der Waals surface area contributed by atoms with Crippen molar-refractivity contribution in [1.82, 2.24) is 10.2 Å². The van der Waals surface area contributed by atoms with Crippen LogP contribution >= 0.6 is 23.1 Å². The standard InChI is InChI=1S/C33H33N3O6S2/c1-4-6-18-42-24-15-12-22(13-16-24)29(37)27-28(23-14-17-25(41-5-2)26(19-23)40-3)36(31(39)30(27)38)32-34-35-33(44-32)43-20-21-10-8-7-9-11-21/h7-17,19,28,37H,4-6,18,20H2,1-3H3/t28-/m0/s1. The number of aliphatic hydroxyl groups excluding tert-OH is 1. The van der Waals surface area contributed by atoms with E-state index in [9.17, 15) is 14.7 Å². The lowest BCUT2D eigenvalue weighted by Gasteiger charge is -2.23. The summed E-state index contributed by atoms with van der Waals surface area (Å²) in [7, 11) is 1.52. The molecule has 2 heterocycles. The van der Waals surface area contributed by atoms with Gasteiger partial charge in [0.25, 0.3) is 5.78 Å². The third-order valence-electron chi connectivity index (χ3n) is 6.95. The maximum absolute atomic E-state index is 13.6. The third-order valence-corrected chi connectivity index (χ3v) is 9.08. The largest absolute Gasteiger partial charge is 0.507 e. The van der Waals surface area contributed by atoms with Crippen molar-refractivity contribution < 1.29 is 28.9 Å². The number of rotatable bonds is 13. The van der Waals surface area contributed by atoms with E-state index in [1.807, 2.05) is 37.3 Å². The molecule has 44 heavy (non-hydrogen) atoms. The Bertz CT molecular complexity index is 1640.